The Morgan fingerprint density at radius 1 is 1.42 bits per heavy atom. The second kappa shape index (κ2) is 5.95. The largest absolute Gasteiger partial charge is 0.409 e. The van der Waals surface area contributed by atoms with Gasteiger partial charge in [-0.3, -0.25) is 0 Å². The molecule has 0 heterocycles. The molecule has 0 radical (unpaired) electrons. The van der Waals surface area contributed by atoms with Crippen LogP contribution in [0.2, 0.25) is 0 Å². The zero-order valence-electron chi connectivity index (χ0n) is 11.7. The van der Waals surface area contributed by atoms with E-state index in [-0.39, 0.29) is 5.84 Å². The van der Waals surface area contributed by atoms with Gasteiger partial charge in [0.15, 0.2) is 5.84 Å². The van der Waals surface area contributed by atoms with Crippen LogP contribution in [-0.4, -0.2) is 24.1 Å². The molecule has 0 saturated heterocycles. The third kappa shape index (κ3) is 3.19. The molecule has 1 aromatic carbocycles. The zero-order chi connectivity index (χ0) is 13.8. The molecule has 0 bridgehead atoms. The first-order chi connectivity index (χ1) is 9.11. The van der Waals surface area contributed by atoms with Crippen LogP contribution in [0.3, 0.4) is 0 Å². The van der Waals surface area contributed by atoms with E-state index < -0.39 is 0 Å². The van der Waals surface area contributed by atoms with Gasteiger partial charge in [-0.2, -0.15) is 0 Å². The van der Waals surface area contributed by atoms with Crippen molar-refractivity contribution in [2.45, 2.75) is 38.6 Å². The summed E-state index contributed by atoms with van der Waals surface area (Å²) in [6.07, 6.45) is 5.13. The van der Waals surface area contributed by atoms with E-state index in [1.807, 2.05) is 18.2 Å². The predicted molar refractivity (Wildman–Crippen MR) is 78.8 cm³/mol. The van der Waals surface area contributed by atoms with Gasteiger partial charge >= 0.3 is 0 Å². The summed E-state index contributed by atoms with van der Waals surface area (Å²) in [6.45, 7) is 2.33. The van der Waals surface area contributed by atoms with Crippen molar-refractivity contribution in [3.63, 3.8) is 0 Å². The summed E-state index contributed by atoms with van der Waals surface area (Å²) in [5.41, 5.74) is 7.53. The molecule has 0 amide bonds. The van der Waals surface area contributed by atoms with E-state index in [1.165, 1.54) is 25.7 Å². The highest BCUT2D eigenvalue weighted by atomic mass is 16.4. The van der Waals surface area contributed by atoms with Gasteiger partial charge in [0, 0.05) is 24.3 Å². The number of hydrogen-bond donors (Lipinski definition) is 2. The maximum absolute atomic E-state index is 8.75. The molecule has 104 valence electrons. The number of amidine groups is 1. The van der Waals surface area contributed by atoms with E-state index in [4.69, 9.17) is 10.9 Å². The Bertz CT molecular complexity index is 458. The molecule has 4 heteroatoms. The molecule has 2 rings (SSSR count). The van der Waals surface area contributed by atoms with Gasteiger partial charge in [-0.1, -0.05) is 37.1 Å². The van der Waals surface area contributed by atoms with Crippen LogP contribution < -0.4 is 10.6 Å². The van der Waals surface area contributed by atoms with E-state index in [0.29, 0.717) is 6.04 Å². The lowest BCUT2D eigenvalue weighted by Gasteiger charge is -2.35. The predicted octanol–water partition coefficient (Wildman–Crippen LogP) is 2.80. The second-order valence-corrected chi connectivity index (χ2v) is 5.57. The molecule has 1 aliphatic carbocycles. The number of benzene rings is 1. The van der Waals surface area contributed by atoms with Crippen molar-refractivity contribution in [3.05, 3.63) is 29.8 Å². The first-order valence-electron chi connectivity index (χ1n) is 6.92. The normalized spacial score (nSPS) is 24.2. The molecule has 1 saturated carbocycles. The Kier molecular flexibility index (Phi) is 4.30. The lowest BCUT2D eigenvalue weighted by atomic mass is 9.86. The van der Waals surface area contributed by atoms with Crippen LogP contribution in [0, 0.1) is 5.92 Å². The molecule has 0 aliphatic heterocycles. The van der Waals surface area contributed by atoms with Gasteiger partial charge < -0.3 is 15.8 Å². The van der Waals surface area contributed by atoms with Gasteiger partial charge in [0.1, 0.15) is 0 Å². The Morgan fingerprint density at radius 2 is 2.21 bits per heavy atom. The molecule has 4 nitrogen and oxygen atoms in total. The van der Waals surface area contributed by atoms with Crippen LogP contribution in [-0.2, 0) is 0 Å². The van der Waals surface area contributed by atoms with Crippen LogP contribution in [0.25, 0.3) is 0 Å². The van der Waals surface area contributed by atoms with Gasteiger partial charge in [-0.15, -0.1) is 0 Å². The molecule has 2 atom stereocenters. The topological polar surface area (TPSA) is 61.8 Å². The standard InChI is InChI=1S/C15H23N3O/c1-11-5-3-7-13(9-11)18(2)14-8-4-6-12(10-14)15(16)17-19/h4,6,8,10-11,13,19H,3,5,7,9H2,1-2H3,(H2,16,17). The quantitative estimate of drug-likeness (QED) is 0.380. The molecule has 19 heavy (non-hydrogen) atoms. The third-order valence-corrected chi connectivity index (χ3v) is 4.11. The number of nitrogens with two attached hydrogens (primary N) is 1. The van der Waals surface area contributed by atoms with Gasteiger partial charge in [-0.05, 0) is 30.9 Å². The minimum atomic E-state index is 0.160. The van der Waals surface area contributed by atoms with Crippen LogP contribution in [0.15, 0.2) is 29.4 Å². The lowest BCUT2D eigenvalue weighted by molar-refractivity contribution is 0.318. The van der Waals surface area contributed by atoms with Crippen molar-refractivity contribution in [2.75, 3.05) is 11.9 Å². The Morgan fingerprint density at radius 3 is 2.89 bits per heavy atom. The molecule has 1 aromatic rings. The fraction of sp³-hybridized carbons (Fsp3) is 0.533. The van der Waals surface area contributed by atoms with E-state index in [0.717, 1.165) is 17.2 Å². The van der Waals surface area contributed by atoms with Gasteiger partial charge in [0.05, 0.1) is 0 Å². The molecule has 1 aliphatic rings. The molecule has 3 N–H and O–H groups in total. The zero-order valence-corrected chi connectivity index (χ0v) is 11.7. The first kappa shape index (κ1) is 13.7. The summed E-state index contributed by atoms with van der Waals surface area (Å²) in [5, 5.41) is 11.8. The fourth-order valence-corrected chi connectivity index (χ4v) is 2.91. The van der Waals surface area contributed by atoms with Crippen molar-refractivity contribution in [3.8, 4) is 0 Å². The van der Waals surface area contributed by atoms with Gasteiger partial charge in [-0.25, -0.2) is 0 Å². The SMILES string of the molecule is CC1CCCC(N(C)c2cccc(C(N)=NO)c2)C1. The summed E-state index contributed by atoms with van der Waals surface area (Å²) in [6, 6.07) is 8.45. The highest BCUT2D eigenvalue weighted by Gasteiger charge is 2.22. The van der Waals surface area contributed by atoms with Crippen LogP contribution in [0.5, 0.6) is 0 Å². The monoisotopic (exact) mass is 261 g/mol. The van der Waals surface area contributed by atoms with Crippen molar-refractivity contribution >= 4 is 11.5 Å². The number of rotatable bonds is 3. The number of oxime groups is 1. The van der Waals surface area contributed by atoms with Crippen LogP contribution >= 0.6 is 0 Å². The van der Waals surface area contributed by atoms with Gasteiger partial charge in [0.25, 0.3) is 0 Å². The van der Waals surface area contributed by atoms with E-state index in [1.54, 1.807) is 0 Å². The average Bonchev–Trinajstić information content (AvgIpc) is 2.45. The minimum absolute atomic E-state index is 0.160. The maximum Gasteiger partial charge on any atom is 0.170 e. The smallest absolute Gasteiger partial charge is 0.170 e. The van der Waals surface area contributed by atoms with Gasteiger partial charge in [0.2, 0.25) is 0 Å². The number of anilines is 1. The van der Waals surface area contributed by atoms with E-state index >= 15 is 0 Å². The van der Waals surface area contributed by atoms with E-state index in [2.05, 4.69) is 30.1 Å². The summed E-state index contributed by atoms with van der Waals surface area (Å²) >= 11 is 0. The Labute approximate surface area is 114 Å². The van der Waals surface area contributed by atoms with Crippen LogP contribution in [0.1, 0.15) is 38.2 Å². The highest BCUT2D eigenvalue weighted by Crippen LogP contribution is 2.29. The van der Waals surface area contributed by atoms with Crippen molar-refractivity contribution in [2.24, 2.45) is 16.8 Å². The summed E-state index contributed by atoms with van der Waals surface area (Å²) in [5.74, 6) is 0.959. The van der Waals surface area contributed by atoms with Crippen molar-refractivity contribution in [1.82, 2.24) is 0 Å². The average molecular weight is 261 g/mol. The molecule has 2 unspecified atom stereocenters. The molecule has 0 aromatic heterocycles. The van der Waals surface area contributed by atoms with Crippen molar-refractivity contribution < 1.29 is 5.21 Å². The Hall–Kier alpha value is -1.71. The number of nitrogens with zero attached hydrogens (tertiary/aromatic N) is 2. The summed E-state index contributed by atoms with van der Waals surface area (Å²) in [7, 11) is 2.13. The summed E-state index contributed by atoms with van der Waals surface area (Å²) in [4.78, 5) is 2.32. The fourth-order valence-electron chi connectivity index (χ4n) is 2.91. The lowest BCUT2D eigenvalue weighted by Crippen LogP contribution is -2.35. The Balaban J connectivity index is 2.16. The highest BCUT2D eigenvalue weighted by molar-refractivity contribution is 5.97. The minimum Gasteiger partial charge on any atom is -0.409 e. The molecular weight excluding hydrogens is 238 g/mol. The van der Waals surface area contributed by atoms with Crippen molar-refractivity contribution in [1.29, 1.82) is 0 Å². The third-order valence-electron chi connectivity index (χ3n) is 4.11. The number of hydrogen-bond acceptors (Lipinski definition) is 3. The first-order valence-corrected chi connectivity index (χ1v) is 6.92. The van der Waals surface area contributed by atoms with Crippen LogP contribution in [0.4, 0.5) is 5.69 Å². The van der Waals surface area contributed by atoms with E-state index in [9.17, 15) is 0 Å². The summed E-state index contributed by atoms with van der Waals surface area (Å²) < 4.78 is 0. The maximum atomic E-state index is 8.75. The molecule has 1 fully saturated rings. The molecular formula is C15H23N3O. The second-order valence-electron chi connectivity index (χ2n) is 5.57. The molecule has 0 spiro atoms.